The van der Waals surface area contributed by atoms with Crippen LogP contribution in [-0.4, -0.2) is 24.9 Å². The lowest BCUT2D eigenvalue weighted by Crippen LogP contribution is -1.95. The molecule has 0 spiro atoms. The molecule has 0 aliphatic carbocycles. The Hall–Kier alpha value is -1.40. The second-order valence-corrected chi connectivity index (χ2v) is 4.83. The molecule has 0 aromatic carbocycles. The zero-order chi connectivity index (χ0) is 12.4. The third kappa shape index (κ3) is 2.65. The van der Waals surface area contributed by atoms with Crippen molar-refractivity contribution in [3.8, 4) is 0 Å². The van der Waals surface area contributed by atoms with E-state index in [9.17, 15) is 5.11 Å². The lowest BCUT2D eigenvalue weighted by atomic mass is 10.2. The summed E-state index contributed by atoms with van der Waals surface area (Å²) in [6.45, 7) is 3.60. The molecule has 2 heterocycles. The van der Waals surface area contributed by atoms with E-state index in [4.69, 9.17) is 0 Å². The third-order valence-electron chi connectivity index (χ3n) is 2.45. The molecule has 0 saturated carbocycles. The van der Waals surface area contributed by atoms with Crippen molar-refractivity contribution in [2.45, 2.75) is 30.0 Å². The van der Waals surface area contributed by atoms with Gasteiger partial charge in [0.15, 0.2) is 5.16 Å². The van der Waals surface area contributed by atoms with Gasteiger partial charge in [-0.2, -0.15) is 0 Å². The van der Waals surface area contributed by atoms with Gasteiger partial charge >= 0.3 is 0 Å². The summed E-state index contributed by atoms with van der Waals surface area (Å²) in [4.78, 5) is 5.16. The summed E-state index contributed by atoms with van der Waals surface area (Å²) < 4.78 is 1.92. The number of aryl methyl sites for hydroxylation is 1. The van der Waals surface area contributed by atoms with E-state index in [0.717, 1.165) is 15.9 Å². The van der Waals surface area contributed by atoms with Crippen LogP contribution in [0.15, 0.2) is 28.4 Å². The molecule has 17 heavy (non-hydrogen) atoms. The highest BCUT2D eigenvalue weighted by molar-refractivity contribution is 7.99. The van der Waals surface area contributed by atoms with E-state index in [2.05, 4.69) is 15.2 Å². The van der Waals surface area contributed by atoms with Crippen molar-refractivity contribution >= 4 is 11.8 Å². The Labute approximate surface area is 104 Å². The molecule has 2 aromatic rings. The van der Waals surface area contributed by atoms with Crippen LogP contribution in [0.4, 0.5) is 0 Å². The minimum atomic E-state index is -0.536. The maximum Gasteiger partial charge on any atom is 0.195 e. The lowest BCUT2D eigenvalue weighted by molar-refractivity contribution is 0.194. The van der Waals surface area contributed by atoms with Gasteiger partial charge in [0.1, 0.15) is 5.82 Å². The zero-order valence-corrected chi connectivity index (χ0v) is 10.8. The summed E-state index contributed by atoms with van der Waals surface area (Å²) in [5.41, 5.74) is 0.670. The van der Waals surface area contributed by atoms with Crippen molar-refractivity contribution in [3.05, 3.63) is 29.8 Å². The Bertz CT molecular complexity index is 507. The van der Waals surface area contributed by atoms with E-state index in [1.807, 2.05) is 30.7 Å². The molecule has 0 bridgehead atoms. The number of nitrogens with zero attached hydrogens (tertiary/aromatic N) is 4. The predicted molar refractivity (Wildman–Crippen MR) is 64.7 cm³/mol. The topological polar surface area (TPSA) is 63.8 Å². The van der Waals surface area contributed by atoms with Gasteiger partial charge in [0.2, 0.25) is 0 Å². The van der Waals surface area contributed by atoms with Gasteiger partial charge in [-0.3, -0.25) is 4.98 Å². The van der Waals surface area contributed by atoms with Crippen LogP contribution >= 0.6 is 11.8 Å². The molecular formula is C11H14N4OS. The minimum absolute atomic E-state index is 0.536. The van der Waals surface area contributed by atoms with Crippen molar-refractivity contribution in [2.24, 2.45) is 7.05 Å². The fourth-order valence-corrected chi connectivity index (χ4v) is 2.08. The molecule has 1 unspecified atom stereocenters. The fraction of sp³-hybridized carbons (Fsp3) is 0.364. The second-order valence-electron chi connectivity index (χ2n) is 3.79. The number of hydrogen-bond acceptors (Lipinski definition) is 5. The molecule has 6 heteroatoms. The summed E-state index contributed by atoms with van der Waals surface area (Å²) in [7, 11) is 1.93. The highest BCUT2D eigenvalue weighted by Crippen LogP contribution is 2.25. The maximum atomic E-state index is 9.36. The van der Waals surface area contributed by atoms with Crippen LogP contribution in [0.25, 0.3) is 0 Å². The summed E-state index contributed by atoms with van der Waals surface area (Å²) >= 11 is 1.50. The summed E-state index contributed by atoms with van der Waals surface area (Å²) in [5.74, 6) is 0.876. The molecule has 0 aliphatic rings. The predicted octanol–water partition coefficient (Wildman–Crippen LogP) is 1.72. The van der Waals surface area contributed by atoms with E-state index in [-0.39, 0.29) is 0 Å². The monoisotopic (exact) mass is 250 g/mol. The molecule has 0 radical (unpaired) electrons. The molecule has 0 saturated heterocycles. The van der Waals surface area contributed by atoms with Gasteiger partial charge in [-0.15, -0.1) is 10.2 Å². The van der Waals surface area contributed by atoms with Crippen molar-refractivity contribution in [1.29, 1.82) is 0 Å². The lowest BCUT2D eigenvalue weighted by Gasteiger charge is -2.04. The third-order valence-corrected chi connectivity index (χ3v) is 3.46. The minimum Gasteiger partial charge on any atom is -0.387 e. The van der Waals surface area contributed by atoms with Crippen LogP contribution < -0.4 is 0 Å². The number of hydrogen-bond donors (Lipinski definition) is 1. The molecule has 0 fully saturated rings. The van der Waals surface area contributed by atoms with Crippen LogP contribution in [0.5, 0.6) is 0 Å². The number of aromatic nitrogens is 4. The van der Waals surface area contributed by atoms with E-state index >= 15 is 0 Å². The van der Waals surface area contributed by atoms with Gasteiger partial charge in [-0.25, -0.2) is 0 Å². The second kappa shape index (κ2) is 4.85. The molecule has 1 N–H and O–H groups in total. The van der Waals surface area contributed by atoms with Crippen molar-refractivity contribution in [2.75, 3.05) is 0 Å². The highest BCUT2D eigenvalue weighted by atomic mass is 32.2. The molecular weight excluding hydrogens is 236 g/mol. The van der Waals surface area contributed by atoms with Crippen molar-refractivity contribution < 1.29 is 5.11 Å². The van der Waals surface area contributed by atoms with Crippen molar-refractivity contribution in [3.63, 3.8) is 0 Å². The van der Waals surface area contributed by atoms with Gasteiger partial charge in [0.05, 0.1) is 11.8 Å². The van der Waals surface area contributed by atoms with Gasteiger partial charge in [-0.1, -0.05) is 0 Å². The van der Waals surface area contributed by atoms with Gasteiger partial charge in [0.25, 0.3) is 0 Å². The Morgan fingerprint density at radius 1 is 1.35 bits per heavy atom. The fourth-order valence-electron chi connectivity index (χ4n) is 1.28. The SMILES string of the molecule is Cc1nnc(Sc2ccc(C(C)O)nc2)n1C. The van der Waals surface area contributed by atoms with Gasteiger partial charge in [0, 0.05) is 18.1 Å². The standard InChI is InChI=1S/C11H14N4OS/c1-7(16)10-5-4-9(6-12-10)17-11-14-13-8(2)15(11)3/h4-7,16H,1-3H3. The molecule has 2 aromatic heterocycles. The first-order valence-corrected chi connectivity index (χ1v) is 6.07. The summed E-state index contributed by atoms with van der Waals surface area (Å²) in [5, 5.41) is 18.2. The average molecular weight is 250 g/mol. The smallest absolute Gasteiger partial charge is 0.195 e. The summed E-state index contributed by atoms with van der Waals surface area (Å²) in [6, 6.07) is 3.74. The Balaban J connectivity index is 2.17. The summed E-state index contributed by atoms with van der Waals surface area (Å²) in [6.07, 6.45) is 1.20. The van der Waals surface area contributed by atoms with Crippen LogP contribution in [0.2, 0.25) is 0 Å². The van der Waals surface area contributed by atoms with E-state index < -0.39 is 6.10 Å². The van der Waals surface area contributed by atoms with Crippen LogP contribution in [0.1, 0.15) is 24.5 Å². The Morgan fingerprint density at radius 3 is 2.59 bits per heavy atom. The van der Waals surface area contributed by atoms with Crippen LogP contribution in [0, 0.1) is 6.92 Å². The molecule has 2 rings (SSSR count). The van der Waals surface area contributed by atoms with Crippen LogP contribution in [0.3, 0.4) is 0 Å². The molecule has 90 valence electrons. The van der Waals surface area contributed by atoms with Crippen molar-refractivity contribution in [1.82, 2.24) is 19.7 Å². The first-order chi connectivity index (χ1) is 8.08. The van der Waals surface area contributed by atoms with E-state index in [1.165, 1.54) is 11.8 Å². The number of rotatable bonds is 3. The largest absolute Gasteiger partial charge is 0.387 e. The van der Waals surface area contributed by atoms with E-state index in [0.29, 0.717) is 5.69 Å². The van der Waals surface area contributed by atoms with Gasteiger partial charge in [-0.05, 0) is 37.7 Å². The maximum absolute atomic E-state index is 9.36. The molecule has 0 amide bonds. The zero-order valence-electron chi connectivity index (χ0n) is 9.95. The van der Waals surface area contributed by atoms with E-state index in [1.54, 1.807) is 13.1 Å². The Kier molecular flexibility index (Phi) is 3.44. The first kappa shape index (κ1) is 12.1. The quantitative estimate of drug-likeness (QED) is 0.898. The van der Waals surface area contributed by atoms with Gasteiger partial charge < -0.3 is 9.67 Å². The number of aliphatic hydroxyl groups is 1. The Morgan fingerprint density at radius 2 is 2.12 bits per heavy atom. The number of pyridine rings is 1. The highest BCUT2D eigenvalue weighted by Gasteiger charge is 2.08. The molecule has 1 atom stereocenters. The molecule has 5 nitrogen and oxygen atoms in total. The average Bonchev–Trinajstić information content (AvgIpc) is 2.62. The van der Waals surface area contributed by atoms with Crippen LogP contribution in [-0.2, 0) is 7.05 Å². The first-order valence-electron chi connectivity index (χ1n) is 5.26. The number of aliphatic hydroxyl groups excluding tert-OH is 1. The normalized spacial score (nSPS) is 12.7. The molecule has 0 aliphatic heterocycles.